The third kappa shape index (κ3) is 3.55. The molecule has 0 bridgehead atoms. The van der Waals surface area contributed by atoms with Gasteiger partial charge < -0.3 is 11.5 Å². The van der Waals surface area contributed by atoms with Gasteiger partial charge in [0.25, 0.3) is 5.95 Å². The zero-order valence-electron chi connectivity index (χ0n) is 12.6. The lowest BCUT2D eigenvalue weighted by atomic mass is 10.0. The molecule has 0 spiro atoms. The van der Waals surface area contributed by atoms with E-state index in [-0.39, 0.29) is 30.1 Å². The topological polar surface area (TPSA) is 90.2 Å². The number of halogens is 3. The highest BCUT2D eigenvalue weighted by Crippen LogP contribution is 2.30. The Hall–Kier alpha value is -2.44. The maximum absolute atomic E-state index is 13.9. The number of aryl methyl sites for hydroxylation is 1. The van der Waals surface area contributed by atoms with Gasteiger partial charge in [0.2, 0.25) is 0 Å². The molecule has 3 rings (SSSR count). The van der Waals surface area contributed by atoms with Crippen molar-refractivity contribution in [3.05, 3.63) is 52.8 Å². The second-order valence-electron chi connectivity index (χ2n) is 5.03. The molecule has 0 unspecified atom stereocenters. The molecular formula is C16H14Cl2FN5. The predicted molar refractivity (Wildman–Crippen MR) is 97.4 cm³/mol. The molecule has 0 amide bonds. The minimum atomic E-state index is -0.320. The fraction of sp³-hybridized carbons (Fsp3) is 0.0625. The molecule has 0 atom stereocenters. The van der Waals surface area contributed by atoms with E-state index in [1.54, 1.807) is 37.3 Å². The number of hydrogen-bond acceptors (Lipinski definition) is 3. The molecule has 2 aromatic carbocycles. The summed E-state index contributed by atoms with van der Waals surface area (Å²) in [4.78, 5) is 12.5. The van der Waals surface area contributed by atoms with Crippen molar-refractivity contribution in [2.24, 2.45) is 16.5 Å². The smallest absolute Gasteiger partial charge is 0.253 e. The van der Waals surface area contributed by atoms with Crippen LogP contribution in [0, 0.1) is 12.7 Å². The first-order valence-electron chi connectivity index (χ1n) is 6.77. The van der Waals surface area contributed by atoms with Crippen LogP contribution in [-0.2, 0) is 0 Å². The minimum absolute atomic E-state index is 0. The molecule has 0 radical (unpaired) electrons. The number of guanidine groups is 1. The van der Waals surface area contributed by atoms with Crippen molar-refractivity contribution in [1.29, 1.82) is 0 Å². The lowest BCUT2D eigenvalue weighted by Crippen LogP contribution is -2.22. The van der Waals surface area contributed by atoms with Gasteiger partial charge in [0.05, 0.1) is 11.2 Å². The van der Waals surface area contributed by atoms with E-state index in [0.717, 1.165) is 0 Å². The van der Waals surface area contributed by atoms with Crippen LogP contribution in [0.3, 0.4) is 0 Å². The maximum atomic E-state index is 13.9. The van der Waals surface area contributed by atoms with Crippen molar-refractivity contribution in [2.75, 3.05) is 0 Å². The Balaban J connectivity index is 0.00000208. The van der Waals surface area contributed by atoms with Gasteiger partial charge in [-0.05, 0) is 36.8 Å². The number of nitrogens with two attached hydrogens (primary N) is 2. The van der Waals surface area contributed by atoms with Gasteiger partial charge in [0.15, 0.2) is 5.96 Å². The first-order valence-corrected chi connectivity index (χ1v) is 7.15. The Labute approximate surface area is 149 Å². The van der Waals surface area contributed by atoms with Gasteiger partial charge in [0.1, 0.15) is 5.82 Å². The van der Waals surface area contributed by atoms with E-state index in [1.165, 1.54) is 6.07 Å². The lowest BCUT2D eigenvalue weighted by molar-refractivity contribution is 0.619. The Kier molecular flexibility index (Phi) is 5.21. The Morgan fingerprint density at radius 3 is 2.54 bits per heavy atom. The molecule has 1 heterocycles. The largest absolute Gasteiger partial charge is 0.370 e. The predicted octanol–water partition coefficient (Wildman–Crippen LogP) is 3.72. The highest BCUT2D eigenvalue weighted by Gasteiger charge is 2.12. The van der Waals surface area contributed by atoms with Crippen LogP contribution < -0.4 is 11.5 Å². The fourth-order valence-corrected chi connectivity index (χ4v) is 2.39. The van der Waals surface area contributed by atoms with Crippen molar-refractivity contribution in [1.82, 2.24) is 9.97 Å². The van der Waals surface area contributed by atoms with Crippen molar-refractivity contribution in [3.63, 3.8) is 0 Å². The lowest BCUT2D eigenvalue weighted by Gasteiger charge is -2.08. The standard InChI is InChI=1S/C16H13ClFN5.ClH/c1-8-2-3-9(6-12(8)18)14-11-7-10(17)4-5-13(11)21-16(22-14)23-15(19)20;/h2-7H,1H3,(H4,19,20,21,22,23);1H. The van der Waals surface area contributed by atoms with Gasteiger partial charge >= 0.3 is 0 Å². The molecule has 0 fully saturated rings. The number of nitrogens with zero attached hydrogens (tertiary/aromatic N) is 3. The monoisotopic (exact) mass is 365 g/mol. The van der Waals surface area contributed by atoms with E-state index in [1.807, 2.05) is 0 Å². The van der Waals surface area contributed by atoms with Gasteiger partial charge in [-0.3, -0.25) is 0 Å². The number of aromatic nitrogens is 2. The molecule has 0 aliphatic heterocycles. The summed E-state index contributed by atoms with van der Waals surface area (Å²) in [5.74, 6) is -0.366. The normalized spacial score (nSPS) is 10.3. The molecular weight excluding hydrogens is 352 g/mol. The molecule has 124 valence electrons. The number of fused-ring (bicyclic) bond motifs is 1. The van der Waals surface area contributed by atoms with E-state index in [4.69, 9.17) is 23.1 Å². The zero-order chi connectivity index (χ0) is 16.6. The molecule has 8 heteroatoms. The summed E-state index contributed by atoms with van der Waals surface area (Å²) in [5.41, 5.74) is 13.0. The first kappa shape index (κ1) is 17.9. The number of aliphatic imine (C=N–C) groups is 1. The van der Waals surface area contributed by atoms with Crippen molar-refractivity contribution < 1.29 is 4.39 Å². The number of rotatable bonds is 2. The van der Waals surface area contributed by atoms with Gasteiger partial charge in [-0.2, -0.15) is 4.99 Å². The molecule has 0 aliphatic rings. The summed E-state index contributed by atoms with van der Waals surface area (Å²) in [6, 6.07) is 10.0. The molecule has 4 N–H and O–H groups in total. The molecule has 24 heavy (non-hydrogen) atoms. The summed E-state index contributed by atoms with van der Waals surface area (Å²) in [6.07, 6.45) is 0. The second kappa shape index (κ2) is 6.98. The first-order chi connectivity index (χ1) is 10.9. The van der Waals surface area contributed by atoms with Crippen LogP contribution in [0.25, 0.3) is 22.2 Å². The van der Waals surface area contributed by atoms with Gasteiger partial charge in [-0.15, -0.1) is 12.4 Å². The highest BCUT2D eigenvalue weighted by molar-refractivity contribution is 6.31. The summed E-state index contributed by atoms with van der Waals surface area (Å²) in [7, 11) is 0. The van der Waals surface area contributed by atoms with E-state index < -0.39 is 0 Å². The molecule has 0 saturated heterocycles. The van der Waals surface area contributed by atoms with Crippen LogP contribution in [0.4, 0.5) is 10.3 Å². The third-order valence-electron chi connectivity index (χ3n) is 3.32. The molecule has 3 aromatic rings. The Bertz CT molecular complexity index is 939. The van der Waals surface area contributed by atoms with Gasteiger partial charge in [0, 0.05) is 16.0 Å². The van der Waals surface area contributed by atoms with Crippen LogP contribution in [0.5, 0.6) is 0 Å². The molecule has 0 aliphatic carbocycles. The van der Waals surface area contributed by atoms with Crippen molar-refractivity contribution in [2.45, 2.75) is 6.92 Å². The van der Waals surface area contributed by atoms with E-state index in [2.05, 4.69) is 15.0 Å². The fourth-order valence-electron chi connectivity index (χ4n) is 2.21. The number of hydrogen-bond donors (Lipinski definition) is 2. The van der Waals surface area contributed by atoms with Crippen LogP contribution in [0.2, 0.25) is 5.02 Å². The van der Waals surface area contributed by atoms with Crippen LogP contribution in [-0.4, -0.2) is 15.9 Å². The van der Waals surface area contributed by atoms with Crippen LogP contribution in [0.1, 0.15) is 5.56 Å². The maximum Gasteiger partial charge on any atom is 0.253 e. The highest BCUT2D eigenvalue weighted by atomic mass is 35.5. The zero-order valence-corrected chi connectivity index (χ0v) is 14.2. The summed E-state index contributed by atoms with van der Waals surface area (Å²) in [6.45, 7) is 1.69. The summed E-state index contributed by atoms with van der Waals surface area (Å²) < 4.78 is 13.9. The van der Waals surface area contributed by atoms with Gasteiger partial charge in [-0.1, -0.05) is 23.7 Å². The number of benzene rings is 2. The summed E-state index contributed by atoms with van der Waals surface area (Å²) in [5, 5.41) is 1.22. The van der Waals surface area contributed by atoms with Gasteiger partial charge in [-0.25, -0.2) is 14.4 Å². The van der Waals surface area contributed by atoms with Crippen molar-refractivity contribution >= 4 is 46.8 Å². The quantitative estimate of drug-likeness (QED) is 0.534. The minimum Gasteiger partial charge on any atom is -0.370 e. The van der Waals surface area contributed by atoms with Crippen molar-refractivity contribution in [3.8, 4) is 11.3 Å². The second-order valence-corrected chi connectivity index (χ2v) is 5.47. The average molecular weight is 366 g/mol. The molecule has 0 saturated carbocycles. The van der Waals surface area contributed by atoms with Crippen LogP contribution in [0.15, 0.2) is 41.4 Å². The Morgan fingerprint density at radius 2 is 1.88 bits per heavy atom. The van der Waals surface area contributed by atoms with E-state index in [9.17, 15) is 4.39 Å². The Morgan fingerprint density at radius 1 is 1.12 bits per heavy atom. The average Bonchev–Trinajstić information content (AvgIpc) is 2.49. The summed E-state index contributed by atoms with van der Waals surface area (Å²) >= 11 is 6.06. The van der Waals surface area contributed by atoms with E-state index >= 15 is 0 Å². The molecule has 5 nitrogen and oxygen atoms in total. The third-order valence-corrected chi connectivity index (χ3v) is 3.56. The molecule has 1 aromatic heterocycles. The SMILES string of the molecule is Cc1ccc(-c2nc(N=C(N)N)nc3ccc(Cl)cc23)cc1F.Cl. The van der Waals surface area contributed by atoms with E-state index in [0.29, 0.717) is 32.7 Å². The van der Waals surface area contributed by atoms with Crippen LogP contribution >= 0.6 is 24.0 Å².